The van der Waals surface area contributed by atoms with E-state index in [1.165, 1.54) is 48.2 Å². The normalized spacial score (nSPS) is 10.7. The molecule has 3 aromatic rings. The van der Waals surface area contributed by atoms with Crippen molar-refractivity contribution in [1.29, 1.82) is 0 Å². The van der Waals surface area contributed by atoms with Crippen LogP contribution in [0.5, 0.6) is 0 Å². The van der Waals surface area contributed by atoms with Crippen molar-refractivity contribution in [2.45, 2.75) is 25.2 Å². The molecule has 0 aliphatic carbocycles. The molecule has 2 N–H and O–H groups in total. The molecule has 0 aliphatic heterocycles. The lowest BCUT2D eigenvalue weighted by Crippen LogP contribution is -2.15. The van der Waals surface area contributed by atoms with Crippen LogP contribution in [0.2, 0.25) is 0 Å². The van der Waals surface area contributed by atoms with Crippen molar-refractivity contribution in [3.8, 4) is 0 Å². The number of benzene rings is 2. The second-order valence-electron chi connectivity index (χ2n) is 5.85. The van der Waals surface area contributed by atoms with Gasteiger partial charge in [0.15, 0.2) is 11.0 Å². The highest BCUT2D eigenvalue weighted by molar-refractivity contribution is 7.99. The summed E-state index contributed by atoms with van der Waals surface area (Å²) in [5, 5.41) is 14.8. The van der Waals surface area contributed by atoms with Gasteiger partial charge in [-0.2, -0.15) is 0 Å². The van der Waals surface area contributed by atoms with E-state index < -0.39 is 0 Å². The summed E-state index contributed by atoms with van der Waals surface area (Å²) in [6, 6.07) is 11.7. The van der Waals surface area contributed by atoms with Crippen molar-refractivity contribution in [2.24, 2.45) is 0 Å². The van der Waals surface area contributed by atoms with Crippen LogP contribution in [0.1, 0.15) is 12.7 Å². The molecule has 0 spiro atoms. The fourth-order valence-corrected chi connectivity index (χ4v) is 3.30. The van der Waals surface area contributed by atoms with Gasteiger partial charge in [0.2, 0.25) is 5.91 Å². The number of hydrogen-bond donors (Lipinski definition) is 2. The summed E-state index contributed by atoms with van der Waals surface area (Å²) < 4.78 is 27.8. The third-order valence-corrected chi connectivity index (χ3v) is 4.83. The number of rotatable bonds is 8. The Morgan fingerprint density at radius 2 is 1.61 bits per heavy atom. The fraction of sp³-hybridized carbons (Fsp3) is 0.211. The molecule has 0 unspecified atom stereocenters. The Morgan fingerprint density at radius 3 is 2.21 bits per heavy atom. The average molecular weight is 403 g/mol. The highest BCUT2D eigenvalue weighted by Crippen LogP contribution is 2.19. The minimum absolute atomic E-state index is 0.154. The van der Waals surface area contributed by atoms with Gasteiger partial charge in [0.25, 0.3) is 0 Å². The molecular weight excluding hydrogens is 384 g/mol. The van der Waals surface area contributed by atoms with E-state index in [4.69, 9.17) is 0 Å². The number of thioether (sulfide) groups is 1. The number of nitrogens with zero attached hydrogens (tertiary/aromatic N) is 3. The molecule has 0 aliphatic rings. The first-order chi connectivity index (χ1) is 13.5. The maximum atomic E-state index is 13.0. The largest absolute Gasteiger partial charge is 0.378 e. The highest BCUT2D eigenvalue weighted by atomic mass is 32.2. The Morgan fingerprint density at radius 1 is 1.00 bits per heavy atom. The van der Waals surface area contributed by atoms with Crippen LogP contribution in [0.15, 0.2) is 53.7 Å². The average Bonchev–Trinajstić information content (AvgIpc) is 3.09. The first-order valence-electron chi connectivity index (χ1n) is 8.65. The smallest absolute Gasteiger partial charge is 0.234 e. The van der Waals surface area contributed by atoms with E-state index >= 15 is 0 Å². The minimum Gasteiger partial charge on any atom is -0.378 e. The van der Waals surface area contributed by atoms with Gasteiger partial charge >= 0.3 is 0 Å². The molecular formula is C19H19F2N5OS. The Kier molecular flexibility index (Phi) is 6.59. The van der Waals surface area contributed by atoms with Gasteiger partial charge in [-0.15, -0.1) is 10.2 Å². The van der Waals surface area contributed by atoms with E-state index in [0.717, 1.165) is 5.69 Å². The van der Waals surface area contributed by atoms with Gasteiger partial charge in [-0.25, -0.2) is 8.78 Å². The van der Waals surface area contributed by atoms with E-state index in [1.807, 2.05) is 11.5 Å². The summed E-state index contributed by atoms with van der Waals surface area (Å²) in [6.45, 7) is 3.04. The van der Waals surface area contributed by atoms with Gasteiger partial charge in [-0.1, -0.05) is 11.8 Å². The zero-order valence-electron chi connectivity index (χ0n) is 15.2. The van der Waals surface area contributed by atoms with Crippen molar-refractivity contribution in [1.82, 2.24) is 14.8 Å². The second kappa shape index (κ2) is 9.32. The van der Waals surface area contributed by atoms with Crippen molar-refractivity contribution in [3.63, 3.8) is 0 Å². The summed E-state index contributed by atoms with van der Waals surface area (Å²) in [5.41, 5.74) is 1.31. The van der Waals surface area contributed by atoms with Crippen LogP contribution in [-0.2, 0) is 17.9 Å². The molecule has 28 heavy (non-hydrogen) atoms. The van der Waals surface area contributed by atoms with Crippen molar-refractivity contribution < 1.29 is 13.6 Å². The molecule has 1 heterocycles. The minimum atomic E-state index is -0.356. The number of halogens is 2. The van der Waals surface area contributed by atoms with Crippen LogP contribution in [-0.4, -0.2) is 26.4 Å². The number of nitrogens with one attached hydrogen (secondary N) is 2. The van der Waals surface area contributed by atoms with E-state index in [0.29, 0.717) is 29.8 Å². The Hall–Kier alpha value is -2.94. The van der Waals surface area contributed by atoms with Crippen LogP contribution in [0, 0.1) is 11.6 Å². The van der Waals surface area contributed by atoms with Crippen LogP contribution in [0.25, 0.3) is 0 Å². The van der Waals surface area contributed by atoms with Gasteiger partial charge in [0.1, 0.15) is 11.6 Å². The van der Waals surface area contributed by atoms with Gasteiger partial charge in [-0.3, -0.25) is 4.79 Å². The number of hydrogen-bond acceptors (Lipinski definition) is 5. The highest BCUT2D eigenvalue weighted by Gasteiger charge is 2.13. The van der Waals surface area contributed by atoms with Crippen LogP contribution >= 0.6 is 11.8 Å². The number of aromatic nitrogens is 3. The van der Waals surface area contributed by atoms with E-state index in [2.05, 4.69) is 20.8 Å². The molecule has 6 nitrogen and oxygen atoms in total. The number of amides is 1. The van der Waals surface area contributed by atoms with Crippen LogP contribution in [0.4, 0.5) is 20.2 Å². The topological polar surface area (TPSA) is 71.8 Å². The van der Waals surface area contributed by atoms with E-state index in [-0.39, 0.29) is 23.3 Å². The Bertz CT molecular complexity index is 929. The van der Waals surface area contributed by atoms with Gasteiger partial charge in [0.05, 0.1) is 12.3 Å². The van der Waals surface area contributed by atoms with Gasteiger partial charge in [-0.05, 0) is 55.5 Å². The third-order valence-electron chi connectivity index (χ3n) is 3.86. The fourth-order valence-electron chi connectivity index (χ4n) is 2.48. The van der Waals surface area contributed by atoms with Gasteiger partial charge < -0.3 is 15.2 Å². The summed E-state index contributed by atoms with van der Waals surface area (Å²) in [5.74, 6) is 0.00699. The molecule has 3 rings (SSSR count). The molecule has 2 aromatic carbocycles. The summed E-state index contributed by atoms with van der Waals surface area (Å²) in [6.07, 6.45) is 0. The molecule has 146 valence electrons. The lowest BCUT2D eigenvalue weighted by Gasteiger charge is -2.09. The molecule has 0 radical (unpaired) electrons. The SMILES string of the molecule is CCn1c(CNc2ccc(F)cc2)nnc1SCC(=O)Nc1ccc(F)cc1. The molecule has 0 atom stereocenters. The lowest BCUT2D eigenvalue weighted by molar-refractivity contribution is -0.113. The van der Waals surface area contributed by atoms with Crippen LogP contribution < -0.4 is 10.6 Å². The molecule has 0 saturated carbocycles. The maximum absolute atomic E-state index is 13.0. The van der Waals surface area contributed by atoms with Gasteiger partial charge in [0, 0.05) is 17.9 Å². The molecule has 1 amide bonds. The number of carbonyl (C=O) groups excluding carboxylic acids is 1. The monoisotopic (exact) mass is 403 g/mol. The maximum Gasteiger partial charge on any atom is 0.234 e. The Labute approximate surface area is 165 Å². The third kappa shape index (κ3) is 5.29. The molecule has 9 heteroatoms. The van der Waals surface area contributed by atoms with Crippen LogP contribution in [0.3, 0.4) is 0 Å². The zero-order chi connectivity index (χ0) is 19.9. The van der Waals surface area contributed by atoms with Crippen molar-refractivity contribution >= 4 is 29.0 Å². The van der Waals surface area contributed by atoms with Crippen molar-refractivity contribution in [2.75, 3.05) is 16.4 Å². The number of carbonyl (C=O) groups is 1. The first-order valence-corrected chi connectivity index (χ1v) is 9.63. The zero-order valence-corrected chi connectivity index (χ0v) is 16.0. The standard InChI is InChI=1S/C19H19F2N5OS/c1-2-26-17(11-22-15-7-3-13(20)4-8-15)24-25-19(26)28-12-18(27)23-16-9-5-14(21)6-10-16/h3-10,22H,2,11-12H2,1H3,(H,23,27). The predicted octanol–water partition coefficient (Wildman–Crippen LogP) is 3.92. The quantitative estimate of drug-likeness (QED) is 0.558. The second-order valence-corrected chi connectivity index (χ2v) is 6.79. The lowest BCUT2D eigenvalue weighted by atomic mass is 10.3. The van der Waals surface area contributed by atoms with Crippen molar-refractivity contribution in [3.05, 3.63) is 66.0 Å². The predicted molar refractivity (Wildman–Crippen MR) is 105 cm³/mol. The first kappa shape index (κ1) is 19.8. The summed E-state index contributed by atoms with van der Waals surface area (Å²) in [7, 11) is 0. The summed E-state index contributed by atoms with van der Waals surface area (Å²) in [4.78, 5) is 12.1. The molecule has 0 saturated heterocycles. The Balaban J connectivity index is 1.56. The molecule has 0 bridgehead atoms. The molecule has 1 aromatic heterocycles. The molecule has 0 fully saturated rings. The van der Waals surface area contributed by atoms with E-state index in [9.17, 15) is 13.6 Å². The summed E-state index contributed by atoms with van der Waals surface area (Å²) >= 11 is 1.27. The number of anilines is 2. The van der Waals surface area contributed by atoms with E-state index in [1.54, 1.807) is 12.1 Å².